The molecule has 0 bridgehead atoms. The Morgan fingerprint density at radius 2 is 1.58 bits per heavy atom. The molecular formula is C37H44O5Si. The second-order valence-corrected chi connectivity index (χ2v) is 18.2. The van der Waals surface area contributed by atoms with E-state index in [9.17, 15) is 9.59 Å². The van der Waals surface area contributed by atoms with Crippen molar-refractivity contribution in [1.82, 2.24) is 0 Å². The SMILES string of the molecule is CC(C)(C)[Si](C)(C)O[C@@H](/C=C/[C@@H]1[C@H]2CC(=O)O[C@H]2C[C@H]1OC(=O)c1ccc(-c2ccccc2)cc1)CCc1ccccc1. The first kappa shape index (κ1) is 31.0. The molecule has 3 aromatic carbocycles. The summed E-state index contributed by atoms with van der Waals surface area (Å²) in [5, 5.41) is 0.0735. The zero-order valence-corrected chi connectivity index (χ0v) is 27.0. The molecule has 1 aliphatic carbocycles. The molecule has 6 heteroatoms. The van der Waals surface area contributed by atoms with E-state index in [1.54, 1.807) is 0 Å². The Hall–Kier alpha value is -3.48. The van der Waals surface area contributed by atoms with Crippen molar-refractivity contribution in [3.8, 4) is 11.1 Å². The Balaban J connectivity index is 1.33. The van der Waals surface area contributed by atoms with Gasteiger partial charge in [0.25, 0.3) is 0 Å². The van der Waals surface area contributed by atoms with Crippen LogP contribution in [0.4, 0.5) is 0 Å². The smallest absolute Gasteiger partial charge is 0.338 e. The van der Waals surface area contributed by atoms with Gasteiger partial charge in [0, 0.05) is 18.3 Å². The Morgan fingerprint density at radius 3 is 2.23 bits per heavy atom. The maximum atomic E-state index is 13.3. The summed E-state index contributed by atoms with van der Waals surface area (Å²) >= 11 is 0. The number of fused-ring (bicyclic) bond motifs is 1. The van der Waals surface area contributed by atoms with Crippen LogP contribution in [0.5, 0.6) is 0 Å². The number of ether oxygens (including phenoxy) is 2. The van der Waals surface area contributed by atoms with Crippen molar-refractivity contribution in [2.24, 2.45) is 11.8 Å². The van der Waals surface area contributed by atoms with E-state index in [0.29, 0.717) is 18.4 Å². The van der Waals surface area contributed by atoms with Crippen molar-refractivity contribution >= 4 is 20.3 Å². The number of rotatable bonds is 10. The molecule has 0 amide bonds. The van der Waals surface area contributed by atoms with Crippen LogP contribution in [0, 0.1) is 11.8 Å². The predicted octanol–water partition coefficient (Wildman–Crippen LogP) is 8.41. The third-order valence-electron chi connectivity index (χ3n) is 9.40. The summed E-state index contributed by atoms with van der Waals surface area (Å²) in [4.78, 5) is 25.5. The van der Waals surface area contributed by atoms with Gasteiger partial charge >= 0.3 is 11.9 Å². The molecule has 0 spiro atoms. The largest absolute Gasteiger partial charge is 0.462 e. The van der Waals surface area contributed by atoms with Crippen molar-refractivity contribution in [3.05, 3.63) is 108 Å². The monoisotopic (exact) mass is 596 g/mol. The minimum Gasteiger partial charge on any atom is -0.462 e. The zero-order valence-electron chi connectivity index (χ0n) is 26.0. The van der Waals surface area contributed by atoms with Crippen LogP contribution in [0.1, 0.15) is 56.0 Å². The molecular weight excluding hydrogens is 552 g/mol. The van der Waals surface area contributed by atoms with Gasteiger partial charge in [-0.1, -0.05) is 106 Å². The van der Waals surface area contributed by atoms with Gasteiger partial charge in [0.1, 0.15) is 12.2 Å². The summed E-state index contributed by atoms with van der Waals surface area (Å²) in [6.07, 6.45) is 6.23. The van der Waals surface area contributed by atoms with Crippen LogP contribution in [0.2, 0.25) is 18.1 Å². The Morgan fingerprint density at radius 1 is 0.953 bits per heavy atom. The number of aryl methyl sites for hydroxylation is 1. The van der Waals surface area contributed by atoms with E-state index in [2.05, 4.69) is 70.3 Å². The van der Waals surface area contributed by atoms with Crippen LogP contribution in [-0.4, -0.2) is 38.6 Å². The van der Waals surface area contributed by atoms with Crippen LogP contribution in [0.25, 0.3) is 11.1 Å². The molecule has 0 N–H and O–H groups in total. The van der Waals surface area contributed by atoms with Crippen molar-refractivity contribution in [3.63, 3.8) is 0 Å². The van der Waals surface area contributed by atoms with Gasteiger partial charge in [-0.05, 0) is 59.8 Å². The highest BCUT2D eigenvalue weighted by atomic mass is 28.4. The first-order valence-corrected chi connectivity index (χ1v) is 18.4. The van der Waals surface area contributed by atoms with Crippen LogP contribution < -0.4 is 0 Å². The highest BCUT2D eigenvalue weighted by molar-refractivity contribution is 6.74. The molecule has 1 saturated carbocycles. The van der Waals surface area contributed by atoms with E-state index < -0.39 is 8.32 Å². The number of carbonyl (C=O) groups excluding carboxylic acids is 2. The lowest BCUT2D eigenvalue weighted by molar-refractivity contribution is -0.141. The van der Waals surface area contributed by atoms with Gasteiger partial charge in [0.05, 0.1) is 18.1 Å². The topological polar surface area (TPSA) is 61.8 Å². The number of hydrogen-bond acceptors (Lipinski definition) is 5. The quantitative estimate of drug-likeness (QED) is 0.134. The Kier molecular flexibility index (Phi) is 9.38. The third-order valence-corrected chi connectivity index (χ3v) is 13.9. The summed E-state index contributed by atoms with van der Waals surface area (Å²) in [6.45, 7) is 11.3. The van der Waals surface area contributed by atoms with Crippen molar-refractivity contribution in [2.45, 2.75) is 82.9 Å². The van der Waals surface area contributed by atoms with E-state index >= 15 is 0 Å². The molecule has 0 radical (unpaired) electrons. The summed E-state index contributed by atoms with van der Waals surface area (Å²) in [5.74, 6) is -0.656. The normalized spacial score (nSPS) is 22.8. The molecule has 43 heavy (non-hydrogen) atoms. The van der Waals surface area contributed by atoms with Crippen LogP contribution >= 0.6 is 0 Å². The average molecular weight is 597 g/mol. The summed E-state index contributed by atoms with van der Waals surface area (Å²) in [6, 6.07) is 28.1. The molecule has 2 aliphatic rings. The highest BCUT2D eigenvalue weighted by Crippen LogP contribution is 2.44. The minimum atomic E-state index is -2.05. The van der Waals surface area contributed by atoms with E-state index in [-0.39, 0.29) is 47.1 Å². The molecule has 0 aromatic heterocycles. The standard InChI is InChI=1S/C37H44O5Si/c1-37(2,3)43(4,5)42-30(21-16-26-12-8-6-9-13-26)22-23-31-32-24-35(38)40-34(32)25-33(31)41-36(39)29-19-17-28(18-20-29)27-14-10-7-11-15-27/h6-15,17-20,22-23,30-34H,16,21,24-25H2,1-5H3/b23-22+/t30-,31-,32-,33-,34+/m1/s1. The molecule has 1 saturated heterocycles. The van der Waals surface area contributed by atoms with Crippen molar-refractivity contribution in [2.75, 3.05) is 0 Å². The molecule has 1 aliphatic heterocycles. The Bertz CT molecular complexity index is 1410. The lowest BCUT2D eigenvalue weighted by atomic mass is 9.91. The second-order valence-electron chi connectivity index (χ2n) is 13.4. The fourth-order valence-electron chi connectivity index (χ4n) is 5.88. The van der Waals surface area contributed by atoms with Crippen LogP contribution in [0.3, 0.4) is 0 Å². The first-order valence-electron chi connectivity index (χ1n) is 15.5. The van der Waals surface area contributed by atoms with Gasteiger partial charge in [-0.15, -0.1) is 0 Å². The lowest BCUT2D eigenvalue weighted by Crippen LogP contribution is -2.43. The average Bonchev–Trinajstić information content (AvgIpc) is 3.50. The fraction of sp³-hybridized carbons (Fsp3) is 0.405. The molecule has 5 rings (SSSR count). The third kappa shape index (κ3) is 7.54. The maximum Gasteiger partial charge on any atom is 0.338 e. The van der Waals surface area contributed by atoms with Crippen LogP contribution in [0.15, 0.2) is 97.1 Å². The summed E-state index contributed by atoms with van der Waals surface area (Å²) < 4.78 is 18.7. The van der Waals surface area contributed by atoms with E-state index in [0.717, 1.165) is 24.0 Å². The van der Waals surface area contributed by atoms with E-state index in [1.165, 1.54) is 5.56 Å². The molecule has 5 atom stereocenters. The maximum absolute atomic E-state index is 13.3. The number of esters is 2. The van der Waals surface area contributed by atoms with Gasteiger partial charge in [0.15, 0.2) is 8.32 Å². The summed E-state index contributed by atoms with van der Waals surface area (Å²) in [5.41, 5.74) is 3.93. The van der Waals surface area contributed by atoms with Crippen LogP contribution in [-0.2, 0) is 25.1 Å². The molecule has 5 nitrogen and oxygen atoms in total. The molecule has 1 heterocycles. The number of benzene rings is 3. The number of carbonyl (C=O) groups is 2. The van der Waals surface area contributed by atoms with Gasteiger partial charge in [-0.3, -0.25) is 4.79 Å². The van der Waals surface area contributed by atoms with E-state index in [4.69, 9.17) is 13.9 Å². The first-order chi connectivity index (χ1) is 20.5. The predicted molar refractivity (Wildman–Crippen MR) is 173 cm³/mol. The number of hydrogen-bond donors (Lipinski definition) is 0. The molecule has 0 unspecified atom stereocenters. The highest BCUT2D eigenvalue weighted by Gasteiger charge is 2.51. The molecule has 3 aromatic rings. The van der Waals surface area contributed by atoms with Gasteiger partial charge < -0.3 is 13.9 Å². The summed E-state index contributed by atoms with van der Waals surface area (Å²) in [7, 11) is -2.05. The second kappa shape index (κ2) is 13.0. The van der Waals surface area contributed by atoms with Crippen molar-refractivity contribution < 1.29 is 23.5 Å². The van der Waals surface area contributed by atoms with E-state index in [1.807, 2.05) is 60.7 Å². The molecule has 226 valence electrons. The van der Waals surface area contributed by atoms with Crippen molar-refractivity contribution in [1.29, 1.82) is 0 Å². The molecule has 2 fully saturated rings. The fourth-order valence-corrected chi connectivity index (χ4v) is 7.19. The zero-order chi connectivity index (χ0) is 30.6. The minimum absolute atomic E-state index is 0.00958. The Labute approximate surface area is 257 Å². The van der Waals surface area contributed by atoms with Gasteiger partial charge in [0.2, 0.25) is 0 Å². The van der Waals surface area contributed by atoms with Gasteiger partial charge in [-0.2, -0.15) is 0 Å². The van der Waals surface area contributed by atoms with Gasteiger partial charge in [-0.25, -0.2) is 4.79 Å². The lowest BCUT2D eigenvalue weighted by Gasteiger charge is -2.39.